The molecule has 6 rings (SSSR count). The smallest absolute Gasteiger partial charge is 0.264 e. The number of carbonyl (C=O) groups excluding carboxylic acids is 1. The number of aromatic nitrogens is 4. The molecule has 1 amide bonds. The summed E-state index contributed by atoms with van der Waals surface area (Å²) in [5.41, 5.74) is 5.21. The van der Waals surface area contributed by atoms with Crippen LogP contribution >= 0.6 is 0 Å². The first-order valence-corrected chi connectivity index (χ1v) is 16.7. The van der Waals surface area contributed by atoms with E-state index in [1.165, 1.54) is 12.1 Å². The van der Waals surface area contributed by atoms with Crippen LogP contribution in [0.25, 0.3) is 11.3 Å². The molecule has 4 bridgehead atoms. The molecule has 1 N–H and O–H groups in total. The number of hydrogen-bond acceptors (Lipinski definition) is 7. The highest BCUT2D eigenvalue weighted by molar-refractivity contribution is 7.92. The van der Waals surface area contributed by atoms with E-state index in [-0.39, 0.29) is 40.7 Å². The third kappa shape index (κ3) is 6.64. The zero-order valence-corrected chi connectivity index (χ0v) is 27.0. The second kappa shape index (κ2) is 12.8. The summed E-state index contributed by atoms with van der Waals surface area (Å²) < 4.78 is 37.9. The number of anilines is 2. The molecular formula is C35H36N6O4S. The Morgan fingerprint density at radius 2 is 1.70 bits per heavy atom. The van der Waals surface area contributed by atoms with Crippen molar-refractivity contribution in [2.75, 3.05) is 16.2 Å². The number of benzene rings is 3. The highest BCUT2D eigenvalue weighted by Gasteiger charge is 2.31. The lowest BCUT2D eigenvalue weighted by Gasteiger charge is -2.32. The van der Waals surface area contributed by atoms with Crippen LogP contribution in [0.5, 0.6) is 5.88 Å². The molecule has 0 saturated heterocycles. The maximum Gasteiger partial charge on any atom is 0.264 e. The van der Waals surface area contributed by atoms with Gasteiger partial charge >= 0.3 is 0 Å². The van der Waals surface area contributed by atoms with Gasteiger partial charge in [-0.1, -0.05) is 68.4 Å². The Morgan fingerprint density at radius 1 is 0.957 bits per heavy atom. The van der Waals surface area contributed by atoms with Crippen LogP contribution in [0.1, 0.15) is 47.3 Å². The van der Waals surface area contributed by atoms with Crippen molar-refractivity contribution < 1.29 is 17.9 Å². The predicted octanol–water partition coefficient (Wildman–Crippen LogP) is 6.26. The van der Waals surface area contributed by atoms with E-state index in [2.05, 4.69) is 33.6 Å². The fourth-order valence-corrected chi connectivity index (χ4v) is 6.80. The van der Waals surface area contributed by atoms with Crippen LogP contribution in [0.2, 0.25) is 0 Å². The maximum atomic E-state index is 14.4. The standard InChI is InChI=1S/C35H36N6O4S/c1-23(2)16-28-22-45-32-18-31(33-24(3)10-8-11-25(33)4)37-35(38-32)39-46(43,44)30-15-9-14-27(17-30)34(42)41(28)29-19-36-40(21-29)20-26-12-6-5-7-13-26/h5-15,17-19,21,23,28H,16,20,22H2,1-4H3,(H,37,38,39)/t28-/m1/s1. The van der Waals surface area contributed by atoms with E-state index >= 15 is 0 Å². The number of nitrogens with one attached hydrogen (secondary N) is 1. The summed E-state index contributed by atoms with van der Waals surface area (Å²) >= 11 is 0. The van der Waals surface area contributed by atoms with E-state index in [9.17, 15) is 13.2 Å². The van der Waals surface area contributed by atoms with Crippen molar-refractivity contribution in [2.45, 2.75) is 51.6 Å². The largest absolute Gasteiger partial charge is 0.475 e. The molecule has 236 valence electrons. The highest BCUT2D eigenvalue weighted by atomic mass is 32.2. The molecule has 5 aromatic rings. The van der Waals surface area contributed by atoms with Gasteiger partial charge in [0, 0.05) is 23.4 Å². The van der Waals surface area contributed by atoms with Crippen LogP contribution < -0.4 is 14.4 Å². The number of aryl methyl sites for hydroxylation is 2. The minimum atomic E-state index is -4.16. The quantitative estimate of drug-likeness (QED) is 0.234. The number of amides is 1. The average Bonchev–Trinajstić information content (AvgIpc) is 3.47. The fourth-order valence-electron chi connectivity index (χ4n) is 5.81. The number of rotatable bonds is 6. The Morgan fingerprint density at radius 3 is 2.43 bits per heavy atom. The van der Waals surface area contributed by atoms with Gasteiger partial charge in [0.2, 0.25) is 11.8 Å². The minimum Gasteiger partial charge on any atom is -0.475 e. The molecule has 46 heavy (non-hydrogen) atoms. The van der Waals surface area contributed by atoms with E-state index in [1.54, 1.807) is 34.0 Å². The molecule has 0 radical (unpaired) electrons. The van der Waals surface area contributed by atoms with Gasteiger partial charge in [-0.25, -0.2) is 18.1 Å². The summed E-state index contributed by atoms with van der Waals surface area (Å²) in [4.78, 5) is 25.0. The van der Waals surface area contributed by atoms with Crippen LogP contribution in [0, 0.1) is 19.8 Å². The Labute approximate surface area is 269 Å². The molecule has 3 aromatic carbocycles. The molecule has 10 nitrogen and oxygen atoms in total. The topological polar surface area (TPSA) is 119 Å². The molecule has 11 heteroatoms. The van der Waals surface area contributed by atoms with Crippen molar-refractivity contribution in [3.8, 4) is 17.1 Å². The van der Waals surface area contributed by atoms with Gasteiger partial charge in [-0.05, 0) is 61.1 Å². The van der Waals surface area contributed by atoms with Gasteiger partial charge in [-0.2, -0.15) is 10.1 Å². The summed E-state index contributed by atoms with van der Waals surface area (Å²) in [7, 11) is -4.16. The number of carbonyl (C=O) groups is 1. The van der Waals surface area contributed by atoms with Gasteiger partial charge in [0.25, 0.3) is 15.9 Å². The maximum absolute atomic E-state index is 14.4. The van der Waals surface area contributed by atoms with Gasteiger partial charge < -0.3 is 4.74 Å². The second-order valence-corrected chi connectivity index (χ2v) is 13.6. The molecular weight excluding hydrogens is 600 g/mol. The lowest BCUT2D eigenvalue weighted by Crippen LogP contribution is -2.44. The summed E-state index contributed by atoms with van der Waals surface area (Å²) in [5.74, 6) is -0.0832. The van der Waals surface area contributed by atoms with Gasteiger partial charge in [-0.15, -0.1) is 0 Å². The van der Waals surface area contributed by atoms with Crippen LogP contribution in [-0.2, 0) is 16.6 Å². The average molecular weight is 637 g/mol. The molecule has 0 unspecified atom stereocenters. The summed E-state index contributed by atoms with van der Waals surface area (Å²) in [5, 5.41) is 4.57. The van der Waals surface area contributed by atoms with E-state index in [4.69, 9.17) is 4.74 Å². The van der Waals surface area contributed by atoms with E-state index in [0.29, 0.717) is 24.3 Å². The van der Waals surface area contributed by atoms with Gasteiger partial charge in [-0.3, -0.25) is 14.4 Å². The number of sulfonamides is 1. The van der Waals surface area contributed by atoms with Gasteiger partial charge in [0.15, 0.2) is 0 Å². The summed E-state index contributed by atoms with van der Waals surface area (Å²) in [6, 6.07) is 23.1. The molecule has 0 saturated carbocycles. The first-order chi connectivity index (χ1) is 22.1. The molecule has 3 heterocycles. The molecule has 0 spiro atoms. The van der Waals surface area contributed by atoms with E-state index in [0.717, 1.165) is 22.3 Å². The highest BCUT2D eigenvalue weighted by Crippen LogP contribution is 2.31. The van der Waals surface area contributed by atoms with Crippen LogP contribution in [-0.4, -0.2) is 46.7 Å². The normalized spacial score (nSPS) is 16.2. The van der Waals surface area contributed by atoms with E-state index in [1.807, 2.05) is 68.6 Å². The zero-order chi connectivity index (χ0) is 32.4. The molecule has 1 aliphatic rings. The third-order valence-electron chi connectivity index (χ3n) is 7.89. The van der Waals surface area contributed by atoms with Crippen molar-refractivity contribution >= 4 is 27.6 Å². The Balaban J connectivity index is 1.48. The van der Waals surface area contributed by atoms with Crippen molar-refractivity contribution in [1.82, 2.24) is 19.7 Å². The number of ether oxygens (including phenoxy) is 1. The third-order valence-corrected chi connectivity index (χ3v) is 9.22. The monoisotopic (exact) mass is 636 g/mol. The first kappa shape index (κ1) is 31.0. The van der Waals surface area contributed by atoms with Crippen LogP contribution in [0.4, 0.5) is 11.6 Å². The minimum absolute atomic E-state index is 0.0822. The number of nitrogens with zero attached hydrogens (tertiary/aromatic N) is 5. The molecule has 2 aromatic heterocycles. The molecule has 0 fully saturated rings. The summed E-state index contributed by atoms with van der Waals surface area (Å²) in [6.45, 7) is 8.75. The van der Waals surface area contributed by atoms with Crippen molar-refractivity contribution in [2.24, 2.45) is 5.92 Å². The first-order valence-electron chi connectivity index (χ1n) is 15.2. The number of fused-ring (bicyclic) bond motifs is 4. The lowest BCUT2D eigenvalue weighted by molar-refractivity contribution is 0.0961. The van der Waals surface area contributed by atoms with E-state index < -0.39 is 16.1 Å². The lowest BCUT2D eigenvalue weighted by atomic mass is 10.00. The second-order valence-electron chi connectivity index (χ2n) is 12.0. The predicted molar refractivity (Wildman–Crippen MR) is 178 cm³/mol. The van der Waals surface area contributed by atoms with Gasteiger partial charge in [0.1, 0.15) is 6.61 Å². The SMILES string of the molecule is Cc1cccc(C)c1-c1cc2nc(n1)NS(=O)(=O)c1cccc(c1)C(=O)N(c1cnn(Cc3ccccc3)c1)[C@H](CC(C)C)CO2. The Kier molecular flexibility index (Phi) is 8.59. The Hall–Kier alpha value is -5.03. The van der Waals surface area contributed by atoms with Crippen molar-refractivity contribution in [3.63, 3.8) is 0 Å². The van der Waals surface area contributed by atoms with Crippen molar-refractivity contribution in [3.05, 3.63) is 114 Å². The van der Waals surface area contributed by atoms with Gasteiger partial charge in [0.05, 0.1) is 35.1 Å². The summed E-state index contributed by atoms with van der Waals surface area (Å²) in [6.07, 6.45) is 4.10. The Bertz CT molecular complexity index is 1970. The number of hydrogen-bond donors (Lipinski definition) is 1. The fraction of sp³-hybridized carbons (Fsp3) is 0.257. The zero-order valence-electron chi connectivity index (χ0n) is 26.2. The molecule has 1 atom stereocenters. The van der Waals surface area contributed by atoms with Crippen LogP contribution in [0.15, 0.2) is 96.2 Å². The molecule has 1 aliphatic heterocycles. The van der Waals surface area contributed by atoms with Crippen LogP contribution in [0.3, 0.4) is 0 Å². The molecule has 0 aliphatic carbocycles. The van der Waals surface area contributed by atoms with Crippen molar-refractivity contribution in [1.29, 1.82) is 0 Å².